The van der Waals surface area contributed by atoms with Crippen LogP contribution in [-0.4, -0.2) is 16.1 Å². The fourth-order valence-electron chi connectivity index (χ4n) is 2.29. The van der Waals surface area contributed by atoms with E-state index in [0.717, 1.165) is 6.54 Å². The third kappa shape index (κ3) is 5.19. The van der Waals surface area contributed by atoms with Gasteiger partial charge in [-0.3, -0.25) is 0 Å². The fraction of sp³-hybridized carbons (Fsp3) is 0.867. The number of nitrogens with zero attached hydrogens (tertiary/aromatic N) is 2. The van der Waals surface area contributed by atoms with Crippen LogP contribution in [-0.2, 0) is 5.41 Å². The molecule has 0 saturated heterocycles. The largest absolute Gasteiger partial charge is 0.309 e. The lowest BCUT2D eigenvalue weighted by atomic mass is 9.89. The van der Waals surface area contributed by atoms with E-state index in [-0.39, 0.29) is 5.41 Å². The van der Waals surface area contributed by atoms with Gasteiger partial charge in [-0.2, -0.15) is 0 Å². The summed E-state index contributed by atoms with van der Waals surface area (Å²) in [4.78, 5) is 1.34. The zero-order chi connectivity index (χ0) is 14.3. The second kappa shape index (κ2) is 7.95. The lowest BCUT2D eigenvalue weighted by molar-refractivity contribution is 0.470. The highest BCUT2D eigenvalue weighted by atomic mass is 32.1. The molecular weight excluding hydrogens is 254 g/mol. The Morgan fingerprint density at radius 1 is 1.16 bits per heavy atom. The summed E-state index contributed by atoms with van der Waals surface area (Å²) in [6.45, 7) is 12.1. The van der Waals surface area contributed by atoms with Crippen LogP contribution in [0.2, 0.25) is 0 Å². The first-order valence-corrected chi connectivity index (χ1v) is 8.34. The predicted octanol–water partition coefficient (Wildman–Crippen LogP) is 4.46. The minimum Gasteiger partial charge on any atom is -0.309 e. The van der Waals surface area contributed by atoms with E-state index in [2.05, 4.69) is 49.5 Å². The number of rotatable bonds is 8. The minimum atomic E-state index is 0.0828. The lowest BCUT2D eigenvalue weighted by Gasteiger charge is -2.22. The van der Waals surface area contributed by atoms with Gasteiger partial charge in [0.05, 0.1) is 10.6 Å². The van der Waals surface area contributed by atoms with Crippen LogP contribution in [0.1, 0.15) is 83.3 Å². The lowest BCUT2D eigenvalue weighted by Crippen LogP contribution is -2.24. The van der Waals surface area contributed by atoms with Crippen molar-refractivity contribution >= 4 is 11.5 Å². The summed E-state index contributed by atoms with van der Waals surface area (Å²) in [6.07, 6.45) is 6.44. The zero-order valence-corrected chi connectivity index (χ0v) is 13.9. The van der Waals surface area contributed by atoms with E-state index in [1.807, 2.05) is 0 Å². The van der Waals surface area contributed by atoms with Gasteiger partial charge in [-0.15, -0.1) is 5.10 Å². The molecule has 0 spiro atoms. The Kier molecular flexibility index (Phi) is 6.94. The van der Waals surface area contributed by atoms with Crippen LogP contribution in [0.15, 0.2) is 0 Å². The van der Waals surface area contributed by atoms with Gasteiger partial charge in [-0.05, 0) is 24.5 Å². The summed E-state index contributed by atoms with van der Waals surface area (Å²) in [6, 6.07) is 0.427. The van der Waals surface area contributed by atoms with E-state index >= 15 is 0 Å². The SMILES string of the molecule is CCCCCCC(NCC)c1snnc1C(C)(C)C. The van der Waals surface area contributed by atoms with Crippen molar-refractivity contribution in [1.82, 2.24) is 14.9 Å². The third-order valence-electron chi connectivity index (χ3n) is 3.34. The molecule has 1 rings (SSSR count). The summed E-state index contributed by atoms with van der Waals surface area (Å²) < 4.78 is 4.19. The smallest absolute Gasteiger partial charge is 0.0857 e. The van der Waals surface area contributed by atoms with Crippen LogP contribution in [0.3, 0.4) is 0 Å². The topological polar surface area (TPSA) is 37.8 Å². The molecule has 1 aromatic heterocycles. The van der Waals surface area contributed by atoms with Crippen LogP contribution >= 0.6 is 11.5 Å². The van der Waals surface area contributed by atoms with E-state index in [0.29, 0.717) is 6.04 Å². The number of unbranched alkanes of at least 4 members (excludes halogenated alkanes) is 3. The zero-order valence-electron chi connectivity index (χ0n) is 13.1. The van der Waals surface area contributed by atoms with Crippen LogP contribution in [0, 0.1) is 0 Å². The summed E-state index contributed by atoms with van der Waals surface area (Å²) >= 11 is 1.56. The average Bonchev–Trinajstić information content (AvgIpc) is 2.82. The second-order valence-electron chi connectivity index (χ2n) is 6.20. The van der Waals surface area contributed by atoms with Crippen molar-refractivity contribution in [1.29, 1.82) is 0 Å². The van der Waals surface area contributed by atoms with Gasteiger partial charge in [-0.1, -0.05) is 64.8 Å². The van der Waals surface area contributed by atoms with Crippen molar-refractivity contribution in [2.75, 3.05) is 6.54 Å². The van der Waals surface area contributed by atoms with Crippen molar-refractivity contribution < 1.29 is 0 Å². The van der Waals surface area contributed by atoms with Crippen molar-refractivity contribution in [3.8, 4) is 0 Å². The molecule has 0 radical (unpaired) electrons. The molecule has 1 aromatic rings. The summed E-state index contributed by atoms with van der Waals surface area (Å²) in [7, 11) is 0. The van der Waals surface area contributed by atoms with E-state index in [1.54, 1.807) is 11.5 Å². The van der Waals surface area contributed by atoms with E-state index in [4.69, 9.17) is 0 Å². The molecule has 1 unspecified atom stereocenters. The van der Waals surface area contributed by atoms with E-state index in [9.17, 15) is 0 Å². The molecule has 0 aliphatic carbocycles. The molecule has 110 valence electrons. The molecule has 0 fully saturated rings. The highest BCUT2D eigenvalue weighted by Crippen LogP contribution is 2.32. The molecule has 0 amide bonds. The Hall–Kier alpha value is -0.480. The first kappa shape index (κ1) is 16.6. The van der Waals surface area contributed by atoms with Crippen molar-refractivity contribution in [2.45, 2.75) is 78.2 Å². The first-order chi connectivity index (χ1) is 9.00. The molecule has 1 heterocycles. The molecule has 0 saturated carbocycles. The average molecular weight is 283 g/mol. The molecule has 19 heavy (non-hydrogen) atoms. The van der Waals surface area contributed by atoms with Crippen molar-refractivity contribution in [3.05, 3.63) is 10.6 Å². The van der Waals surface area contributed by atoms with Crippen LogP contribution in [0.5, 0.6) is 0 Å². The number of hydrogen-bond donors (Lipinski definition) is 1. The highest BCUT2D eigenvalue weighted by molar-refractivity contribution is 7.05. The van der Waals surface area contributed by atoms with Gasteiger partial charge >= 0.3 is 0 Å². The van der Waals surface area contributed by atoms with Crippen molar-refractivity contribution in [2.24, 2.45) is 0 Å². The van der Waals surface area contributed by atoms with Gasteiger partial charge < -0.3 is 5.32 Å². The van der Waals surface area contributed by atoms with Gasteiger partial charge in [0.15, 0.2) is 0 Å². The minimum absolute atomic E-state index is 0.0828. The number of aromatic nitrogens is 2. The third-order valence-corrected chi connectivity index (χ3v) is 4.18. The molecule has 0 aliphatic heterocycles. The van der Waals surface area contributed by atoms with Crippen LogP contribution in [0.25, 0.3) is 0 Å². The monoisotopic (exact) mass is 283 g/mol. The molecule has 3 nitrogen and oxygen atoms in total. The molecule has 0 bridgehead atoms. The summed E-state index contributed by atoms with van der Waals surface area (Å²) in [5.74, 6) is 0. The van der Waals surface area contributed by atoms with Gasteiger partial charge in [0.1, 0.15) is 0 Å². The Balaban J connectivity index is 2.73. The van der Waals surface area contributed by atoms with Crippen LogP contribution < -0.4 is 5.32 Å². The Morgan fingerprint density at radius 2 is 1.89 bits per heavy atom. The molecule has 0 aromatic carbocycles. The predicted molar refractivity (Wildman–Crippen MR) is 83.8 cm³/mol. The molecule has 4 heteroatoms. The van der Waals surface area contributed by atoms with Gasteiger partial charge in [0.2, 0.25) is 0 Å². The Morgan fingerprint density at radius 3 is 2.47 bits per heavy atom. The maximum absolute atomic E-state index is 4.36. The Labute approximate surface area is 122 Å². The quantitative estimate of drug-likeness (QED) is 0.716. The standard InChI is InChI=1S/C15H29N3S/c1-6-8-9-10-11-12(16-7-2)13-14(15(3,4)5)17-18-19-13/h12,16H,6-11H2,1-5H3. The van der Waals surface area contributed by atoms with Gasteiger partial charge in [0.25, 0.3) is 0 Å². The maximum atomic E-state index is 4.36. The van der Waals surface area contributed by atoms with Crippen LogP contribution in [0.4, 0.5) is 0 Å². The maximum Gasteiger partial charge on any atom is 0.0857 e. The van der Waals surface area contributed by atoms with Gasteiger partial charge in [-0.25, -0.2) is 0 Å². The van der Waals surface area contributed by atoms with Gasteiger partial charge in [0, 0.05) is 11.5 Å². The number of hydrogen-bond acceptors (Lipinski definition) is 4. The highest BCUT2D eigenvalue weighted by Gasteiger charge is 2.26. The fourth-order valence-corrected chi connectivity index (χ4v) is 3.27. The molecular formula is C15H29N3S. The summed E-state index contributed by atoms with van der Waals surface area (Å²) in [5.41, 5.74) is 1.25. The molecule has 1 atom stereocenters. The number of nitrogens with one attached hydrogen (secondary N) is 1. The second-order valence-corrected chi connectivity index (χ2v) is 6.98. The van der Waals surface area contributed by atoms with E-state index < -0.39 is 0 Å². The summed E-state index contributed by atoms with van der Waals surface area (Å²) in [5, 5.41) is 7.97. The van der Waals surface area contributed by atoms with Crippen molar-refractivity contribution in [3.63, 3.8) is 0 Å². The normalized spacial score (nSPS) is 13.7. The Bertz CT molecular complexity index is 355. The molecule has 0 aliphatic rings. The van der Waals surface area contributed by atoms with E-state index in [1.165, 1.54) is 42.7 Å². The molecule has 1 N–H and O–H groups in total. The first-order valence-electron chi connectivity index (χ1n) is 7.56.